The predicted octanol–water partition coefficient (Wildman–Crippen LogP) is 3.50. The van der Waals surface area contributed by atoms with Gasteiger partial charge in [0.2, 0.25) is 5.91 Å². The van der Waals surface area contributed by atoms with Crippen LogP contribution in [-0.4, -0.2) is 35.6 Å². The first-order valence-corrected chi connectivity index (χ1v) is 9.21. The number of ether oxygens (including phenoxy) is 2. The number of aromatic nitrogens is 2. The van der Waals surface area contributed by atoms with E-state index in [1.165, 1.54) is 18.4 Å². The van der Waals surface area contributed by atoms with E-state index in [9.17, 15) is 9.59 Å². The molecule has 2 N–H and O–H groups in total. The van der Waals surface area contributed by atoms with Gasteiger partial charge in [0.25, 0.3) is 0 Å². The van der Waals surface area contributed by atoms with Gasteiger partial charge >= 0.3 is 5.97 Å². The van der Waals surface area contributed by atoms with Gasteiger partial charge in [-0.2, -0.15) is 0 Å². The summed E-state index contributed by atoms with van der Waals surface area (Å²) in [5.74, 6) is 0.189. The van der Waals surface area contributed by atoms with Gasteiger partial charge in [0.15, 0.2) is 5.13 Å². The van der Waals surface area contributed by atoms with Crippen LogP contribution in [0.5, 0.6) is 5.75 Å². The van der Waals surface area contributed by atoms with E-state index in [0.717, 1.165) is 16.9 Å². The molecular formula is C19H19N3O4S. The molecule has 0 unspecified atom stereocenters. The van der Waals surface area contributed by atoms with Crippen molar-refractivity contribution < 1.29 is 19.1 Å². The van der Waals surface area contributed by atoms with Crippen LogP contribution in [0.4, 0.5) is 5.13 Å². The summed E-state index contributed by atoms with van der Waals surface area (Å²) in [5, 5.41) is 5.11. The first-order chi connectivity index (χ1) is 13.1. The number of benzene rings is 1. The zero-order chi connectivity index (χ0) is 19.2. The molecule has 0 saturated carbocycles. The summed E-state index contributed by atoms with van der Waals surface area (Å²) in [4.78, 5) is 31.0. The number of carbonyl (C=O) groups is 2. The third-order valence-electron chi connectivity index (χ3n) is 3.73. The van der Waals surface area contributed by atoms with Crippen LogP contribution in [0.2, 0.25) is 0 Å². The Bertz CT molecular complexity index is 931. The van der Waals surface area contributed by atoms with Crippen molar-refractivity contribution in [2.24, 2.45) is 0 Å². The van der Waals surface area contributed by atoms with Crippen molar-refractivity contribution >= 4 is 28.3 Å². The smallest absolute Gasteiger partial charge is 0.354 e. The molecule has 0 aliphatic heterocycles. The highest BCUT2D eigenvalue weighted by Gasteiger charge is 2.13. The number of aromatic amines is 1. The normalized spacial score (nSPS) is 10.4. The Morgan fingerprint density at radius 3 is 2.74 bits per heavy atom. The zero-order valence-electron chi connectivity index (χ0n) is 14.9. The van der Waals surface area contributed by atoms with Gasteiger partial charge in [0, 0.05) is 17.1 Å². The summed E-state index contributed by atoms with van der Waals surface area (Å²) in [6, 6.07) is 9.08. The first kappa shape index (κ1) is 18.7. The van der Waals surface area contributed by atoms with Crippen LogP contribution in [0.1, 0.15) is 23.0 Å². The molecule has 8 heteroatoms. The second-order valence-corrected chi connectivity index (χ2v) is 6.49. The molecule has 3 rings (SSSR count). The first-order valence-electron chi connectivity index (χ1n) is 8.33. The van der Waals surface area contributed by atoms with Gasteiger partial charge in [-0.3, -0.25) is 4.79 Å². The molecule has 0 spiro atoms. The average molecular weight is 385 g/mol. The van der Waals surface area contributed by atoms with Crippen LogP contribution in [0.3, 0.4) is 0 Å². The molecule has 1 amide bonds. The van der Waals surface area contributed by atoms with Crippen molar-refractivity contribution in [3.05, 3.63) is 53.2 Å². The van der Waals surface area contributed by atoms with Crippen LogP contribution in [0, 0.1) is 0 Å². The number of thiazole rings is 1. The fraction of sp³-hybridized carbons (Fsp3) is 0.211. The fourth-order valence-electron chi connectivity index (χ4n) is 2.45. The molecule has 7 nitrogen and oxygen atoms in total. The third-order valence-corrected chi connectivity index (χ3v) is 4.49. The van der Waals surface area contributed by atoms with Gasteiger partial charge < -0.3 is 19.8 Å². The van der Waals surface area contributed by atoms with E-state index in [0.29, 0.717) is 23.1 Å². The summed E-state index contributed by atoms with van der Waals surface area (Å²) in [6.45, 7) is 2.53. The Morgan fingerprint density at radius 1 is 1.26 bits per heavy atom. The number of carbonyl (C=O) groups excluding carboxylic acids is 2. The van der Waals surface area contributed by atoms with E-state index >= 15 is 0 Å². The minimum atomic E-state index is -0.444. The lowest BCUT2D eigenvalue weighted by molar-refractivity contribution is -0.115. The molecule has 27 heavy (non-hydrogen) atoms. The fourth-order valence-corrected chi connectivity index (χ4v) is 3.19. The molecule has 1 aromatic carbocycles. The lowest BCUT2D eigenvalue weighted by Crippen LogP contribution is -2.14. The Kier molecular flexibility index (Phi) is 5.87. The monoisotopic (exact) mass is 385 g/mol. The molecule has 0 bridgehead atoms. The standard InChI is InChI=1S/C19H19N3O4S/c1-3-26-14-6-4-12(5-7-14)8-17(23)22-19-21-16(11-27-19)13-9-15(20-10-13)18(24)25-2/h4-7,9-11,20H,3,8H2,1-2H3,(H,21,22,23). The number of amides is 1. The highest BCUT2D eigenvalue weighted by molar-refractivity contribution is 7.14. The molecule has 0 fully saturated rings. The van der Waals surface area contributed by atoms with Crippen molar-refractivity contribution in [3.63, 3.8) is 0 Å². The topological polar surface area (TPSA) is 93.3 Å². The van der Waals surface area contributed by atoms with Crippen LogP contribution in [-0.2, 0) is 16.0 Å². The molecular weight excluding hydrogens is 366 g/mol. The maximum atomic E-state index is 12.2. The van der Waals surface area contributed by atoms with E-state index in [1.807, 2.05) is 36.6 Å². The lowest BCUT2D eigenvalue weighted by Gasteiger charge is -2.05. The third kappa shape index (κ3) is 4.73. The number of rotatable bonds is 7. The second kappa shape index (κ2) is 8.50. The van der Waals surface area contributed by atoms with E-state index in [-0.39, 0.29) is 12.3 Å². The number of nitrogens with one attached hydrogen (secondary N) is 2. The van der Waals surface area contributed by atoms with E-state index in [4.69, 9.17) is 4.74 Å². The highest BCUT2D eigenvalue weighted by Crippen LogP contribution is 2.26. The van der Waals surface area contributed by atoms with Gasteiger partial charge in [0.05, 0.1) is 25.8 Å². The van der Waals surface area contributed by atoms with E-state index in [1.54, 1.807) is 12.3 Å². The minimum Gasteiger partial charge on any atom is -0.494 e. The van der Waals surface area contributed by atoms with Crippen molar-refractivity contribution in [2.75, 3.05) is 19.0 Å². The predicted molar refractivity (Wildman–Crippen MR) is 103 cm³/mol. The minimum absolute atomic E-state index is 0.149. The number of esters is 1. The molecule has 140 valence electrons. The van der Waals surface area contributed by atoms with E-state index < -0.39 is 5.97 Å². The van der Waals surface area contributed by atoms with Crippen molar-refractivity contribution in [2.45, 2.75) is 13.3 Å². The number of hydrogen-bond donors (Lipinski definition) is 2. The Labute approximate surface area is 160 Å². The van der Waals surface area contributed by atoms with Crippen LogP contribution in [0.25, 0.3) is 11.3 Å². The lowest BCUT2D eigenvalue weighted by atomic mass is 10.1. The molecule has 0 radical (unpaired) electrons. The zero-order valence-corrected chi connectivity index (χ0v) is 15.8. The van der Waals surface area contributed by atoms with Gasteiger partial charge in [-0.1, -0.05) is 12.1 Å². The molecule has 2 heterocycles. The number of anilines is 1. The highest BCUT2D eigenvalue weighted by atomic mass is 32.1. The molecule has 0 aliphatic rings. The van der Waals surface area contributed by atoms with Gasteiger partial charge in [-0.05, 0) is 30.7 Å². The molecule has 0 aliphatic carbocycles. The molecule has 3 aromatic rings. The van der Waals surface area contributed by atoms with Crippen molar-refractivity contribution in [1.82, 2.24) is 9.97 Å². The molecule has 0 saturated heterocycles. The summed E-state index contributed by atoms with van der Waals surface area (Å²) in [6.07, 6.45) is 1.92. The Morgan fingerprint density at radius 2 is 2.04 bits per heavy atom. The second-order valence-electron chi connectivity index (χ2n) is 5.63. The summed E-state index contributed by atoms with van der Waals surface area (Å²) >= 11 is 1.32. The molecule has 0 atom stereocenters. The largest absolute Gasteiger partial charge is 0.494 e. The number of methoxy groups -OCH3 is 1. The Balaban J connectivity index is 1.60. The average Bonchev–Trinajstić information content (AvgIpc) is 3.32. The van der Waals surface area contributed by atoms with Crippen LogP contribution >= 0.6 is 11.3 Å². The quantitative estimate of drug-likeness (QED) is 0.607. The maximum Gasteiger partial charge on any atom is 0.354 e. The van der Waals surface area contributed by atoms with E-state index in [2.05, 4.69) is 20.0 Å². The van der Waals surface area contributed by atoms with Gasteiger partial charge in [-0.25, -0.2) is 9.78 Å². The van der Waals surface area contributed by atoms with Crippen molar-refractivity contribution in [3.8, 4) is 17.0 Å². The van der Waals surface area contributed by atoms with Gasteiger partial charge in [-0.15, -0.1) is 11.3 Å². The Hall–Kier alpha value is -3.13. The summed E-state index contributed by atoms with van der Waals surface area (Å²) < 4.78 is 10.1. The van der Waals surface area contributed by atoms with Crippen LogP contribution in [0.15, 0.2) is 41.9 Å². The summed E-state index contributed by atoms with van der Waals surface area (Å²) in [7, 11) is 1.32. The number of hydrogen-bond acceptors (Lipinski definition) is 6. The van der Waals surface area contributed by atoms with Gasteiger partial charge in [0.1, 0.15) is 11.4 Å². The molecule has 2 aromatic heterocycles. The maximum absolute atomic E-state index is 12.2. The van der Waals surface area contributed by atoms with Crippen LogP contribution < -0.4 is 10.1 Å². The summed E-state index contributed by atoms with van der Waals surface area (Å²) in [5.41, 5.74) is 2.66. The van der Waals surface area contributed by atoms with Crippen molar-refractivity contribution in [1.29, 1.82) is 0 Å². The number of H-pyrrole nitrogens is 1. The SMILES string of the molecule is CCOc1ccc(CC(=O)Nc2nc(-c3c[nH]c(C(=O)OC)c3)cs2)cc1. The number of nitrogens with zero attached hydrogens (tertiary/aromatic N) is 1.